The zero-order valence-corrected chi connectivity index (χ0v) is 18.1. The number of carbonyl (C=O) groups is 2. The van der Waals surface area contributed by atoms with Crippen LogP contribution in [0.5, 0.6) is 0 Å². The number of rotatable bonds is 5. The van der Waals surface area contributed by atoms with Gasteiger partial charge in [-0.1, -0.05) is 54.1 Å². The average Bonchev–Trinajstić information content (AvgIpc) is 3.23. The third-order valence-electron chi connectivity index (χ3n) is 4.74. The zero-order valence-electron chi connectivity index (χ0n) is 17.3. The van der Waals surface area contributed by atoms with E-state index in [1.54, 1.807) is 66.7 Å². The van der Waals surface area contributed by atoms with Crippen LogP contribution in [0.2, 0.25) is 5.02 Å². The molecule has 10 heteroatoms. The Morgan fingerprint density at radius 1 is 0.853 bits per heavy atom. The van der Waals surface area contributed by atoms with Crippen LogP contribution in [0.1, 0.15) is 10.4 Å². The first kappa shape index (κ1) is 23.1. The molecular formula is C24H16ClF3N4O2. The van der Waals surface area contributed by atoms with Crippen LogP contribution in [0, 0.1) is 0 Å². The largest absolute Gasteiger partial charge is 0.471 e. The SMILES string of the molecule is O=C(c1ccccc1)n1nc(-c2cccc(Cl)c2)cc1Nc1ccccc1NC(=O)C(F)(F)F. The summed E-state index contributed by atoms with van der Waals surface area (Å²) in [4.78, 5) is 24.7. The van der Waals surface area contributed by atoms with Gasteiger partial charge in [0.05, 0.1) is 17.1 Å². The van der Waals surface area contributed by atoms with Crippen molar-refractivity contribution in [3.8, 4) is 11.3 Å². The number of hydrogen-bond acceptors (Lipinski definition) is 4. The Hall–Kier alpha value is -4.11. The molecule has 0 bridgehead atoms. The van der Waals surface area contributed by atoms with Crippen LogP contribution in [-0.2, 0) is 4.79 Å². The van der Waals surface area contributed by atoms with Crippen molar-refractivity contribution in [3.05, 3.63) is 95.5 Å². The Morgan fingerprint density at radius 2 is 1.53 bits per heavy atom. The normalized spacial score (nSPS) is 11.2. The third-order valence-corrected chi connectivity index (χ3v) is 4.97. The van der Waals surface area contributed by atoms with Gasteiger partial charge in [-0.15, -0.1) is 0 Å². The van der Waals surface area contributed by atoms with Crippen molar-refractivity contribution in [2.45, 2.75) is 6.18 Å². The van der Waals surface area contributed by atoms with Gasteiger partial charge in [-0.2, -0.15) is 23.0 Å². The van der Waals surface area contributed by atoms with Crippen LogP contribution >= 0.6 is 11.6 Å². The fraction of sp³-hybridized carbons (Fsp3) is 0.0417. The van der Waals surface area contributed by atoms with Crippen molar-refractivity contribution < 1.29 is 22.8 Å². The van der Waals surface area contributed by atoms with E-state index in [2.05, 4.69) is 10.4 Å². The minimum Gasteiger partial charge on any atom is -0.338 e. The highest BCUT2D eigenvalue weighted by atomic mass is 35.5. The summed E-state index contributed by atoms with van der Waals surface area (Å²) < 4.78 is 39.4. The van der Waals surface area contributed by atoms with E-state index < -0.39 is 18.0 Å². The predicted octanol–water partition coefficient (Wildman–Crippen LogP) is 6.14. The monoisotopic (exact) mass is 484 g/mol. The maximum absolute atomic E-state index is 13.2. The number of nitrogens with one attached hydrogen (secondary N) is 2. The number of hydrogen-bond donors (Lipinski definition) is 2. The number of anilines is 3. The van der Waals surface area contributed by atoms with Crippen molar-refractivity contribution in [1.29, 1.82) is 0 Å². The molecule has 2 N–H and O–H groups in total. The lowest BCUT2D eigenvalue weighted by Crippen LogP contribution is -2.30. The summed E-state index contributed by atoms with van der Waals surface area (Å²) in [6.07, 6.45) is -5.06. The first-order valence-corrected chi connectivity index (χ1v) is 10.3. The lowest BCUT2D eigenvalue weighted by molar-refractivity contribution is -0.167. The van der Waals surface area contributed by atoms with Gasteiger partial charge in [-0.25, -0.2) is 0 Å². The van der Waals surface area contributed by atoms with E-state index in [1.165, 1.54) is 18.2 Å². The molecule has 0 radical (unpaired) electrons. The summed E-state index contributed by atoms with van der Waals surface area (Å²) in [7, 11) is 0. The van der Waals surface area contributed by atoms with E-state index in [1.807, 2.05) is 5.32 Å². The lowest BCUT2D eigenvalue weighted by Gasteiger charge is -2.14. The van der Waals surface area contributed by atoms with Gasteiger partial charge in [0.2, 0.25) is 0 Å². The first-order chi connectivity index (χ1) is 16.2. The molecule has 0 saturated heterocycles. The van der Waals surface area contributed by atoms with Crippen molar-refractivity contribution in [2.24, 2.45) is 0 Å². The van der Waals surface area contributed by atoms with Crippen LogP contribution in [0.3, 0.4) is 0 Å². The quantitative estimate of drug-likeness (QED) is 0.357. The zero-order chi connectivity index (χ0) is 24.3. The van der Waals surface area contributed by atoms with E-state index in [4.69, 9.17) is 11.6 Å². The summed E-state index contributed by atoms with van der Waals surface area (Å²) in [5, 5.41) is 9.63. The van der Waals surface area contributed by atoms with Crippen LogP contribution in [-0.4, -0.2) is 27.8 Å². The van der Waals surface area contributed by atoms with Crippen LogP contribution in [0.25, 0.3) is 11.3 Å². The number of carbonyl (C=O) groups excluding carboxylic acids is 2. The number of amides is 1. The number of halogens is 4. The maximum Gasteiger partial charge on any atom is 0.471 e. The Morgan fingerprint density at radius 3 is 2.21 bits per heavy atom. The molecule has 0 fully saturated rings. The Labute approximate surface area is 197 Å². The molecule has 0 aliphatic heterocycles. The second-order valence-corrected chi connectivity index (χ2v) is 7.57. The molecule has 172 valence electrons. The van der Waals surface area contributed by atoms with E-state index in [0.29, 0.717) is 21.8 Å². The van der Waals surface area contributed by atoms with Gasteiger partial charge in [0, 0.05) is 22.2 Å². The van der Waals surface area contributed by atoms with Crippen LogP contribution in [0.4, 0.5) is 30.4 Å². The number of benzene rings is 3. The Bertz CT molecular complexity index is 1350. The third kappa shape index (κ3) is 5.10. The topological polar surface area (TPSA) is 76.0 Å². The van der Waals surface area contributed by atoms with Crippen molar-refractivity contribution in [1.82, 2.24) is 9.78 Å². The van der Waals surface area contributed by atoms with Gasteiger partial charge in [-0.05, 0) is 36.4 Å². The Kier molecular flexibility index (Phi) is 6.38. The molecule has 3 aromatic carbocycles. The molecule has 1 aromatic heterocycles. The smallest absolute Gasteiger partial charge is 0.338 e. The standard InChI is InChI=1S/C24H16ClF3N4O2/c25-17-10-6-9-16(13-17)20-14-21(32(31-20)22(33)15-7-2-1-3-8-15)29-18-11-4-5-12-19(18)30-23(34)24(26,27)28/h1-14,29H,(H,30,34). The molecule has 4 aromatic rings. The highest BCUT2D eigenvalue weighted by Crippen LogP contribution is 2.31. The summed E-state index contributed by atoms with van der Waals surface area (Å²) in [5.74, 6) is -2.40. The molecule has 0 atom stereocenters. The van der Waals surface area contributed by atoms with Crippen molar-refractivity contribution in [3.63, 3.8) is 0 Å². The second-order valence-electron chi connectivity index (χ2n) is 7.13. The summed E-state index contributed by atoms with van der Waals surface area (Å²) >= 11 is 6.09. The average molecular weight is 485 g/mol. The molecule has 6 nitrogen and oxygen atoms in total. The number of nitrogens with zero attached hydrogens (tertiary/aromatic N) is 2. The molecule has 1 amide bonds. The fourth-order valence-corrected chi connectivity index (χ4v) is 3.34. The van der Waals surface area contributed by atoms with Crippen molar-refractivity contribution >= 4 is 40.6 Å². The number of aromatic nitrogens is 2. The maximum atomic E-state index is 13.2. The molecule has 1 heterocycles. The highest BCUT2D eigenvalue weighted by Gasteiger charge is 2.39. The van der Waals surface area contributed by atoms with E-state index in [-0.39, 0.29) is 17.2 Å². The highest BCUT2D eigenvalue weighted by molar-refractivity contribution is 6.30. The predicted molar refractivity (Wildman–Crippen MR) is 123 cm³/mol. The summed E-state index contributed by atoms with van der Waals surface area (Å²) in [5.41, 5.74) is 1.42. The molecule has 0 saturated carbocycles. The summed E-state index contributed by atoms with van der Waals surface area (Å²) in [6, 6.07) is 22.6. The minimum absolute atomic E-state index is 0.117. The second kappa shape index (κ2) is 9.40. The van der Waals surface area contributed by atoms with Gasteiger partial charge < -0.3 is 10.6 Å². The van der Waals surface area contributed by atoms with E-state index in [9.17, 15) is 22.8 Å². The van der Waals surface area contributed by atoms with Crippen LogP contribution in [0.15, 0.2) is 84.9 Å². The molecule has 0 spiro atoms. The van der Waals surface area contributed by atoms with Crippen LogP contribution < -0.4 is 10.6 Å². The summed E-state index contributed by atoms with van der Waals surface area (Å²) in [6.45, 7) is 0. The Balaban J connectivity index is 1.76. The lowest BCUT2D eigenvalue weighted by atomic mass is 10.1. The van der Waals surface area contributed by atoms with Crippen molar-refractivity contribution in [2.75, 3.05) is 10.6 Å². The van der Waals surface area contributed by atoms with Gasteiger partial charge >= 0.3 is 12.1 Å². The fourth-order valence-electron chi connectivity index (χ4n) is 3.15. The molecule has 4 rings (SSSR count). The number of alkyl halides is 3. The molecular weight excluding hydrogens is 469 g/mol. The van der Waals surface area contributed by atoms with E-state index in [0.717, 1.165) is 4.68 Å². The molecule has 0 unspecified atom stereocenters. The van der Waals surface area contributed by atoms with E-state index >= 15 is 0 Å². The molecule has 0 aliphatic rings. The number of para-hydroxylation sites is 2. The van der Waals surface area contributed by atoms with Gasteiger partial charge in [0.25, 0.3) is 5.91 Å². The van der Waals surface area contributed by atoms with Gasteiger partial charge in [-0.3, -0.25) is 9.59 Å². The van der Waals surface area contributed by atoms with Gasteiger partial charge in [0.15, 0.2) is 0 Å². The first-order valence-electron chi connectivity index (χ1n) is 9.92. The molecule has 0 aliphatic carbocycles. The minimum atomic E-state index is -5.06. The molecule has 34 heavy (non-hydrogen) atoms. The van der Waals surface area contributed by atoms with Gasteiger partial charge in [0.1, 0.15) is 5.82 Å².